The standard InChI is InChI=1S/C34H16N4/c35-17-27-28(18-36)38-34-32-26-16-8-4-12-22(26)20-10-2-6-14-24(20)30(32)29-23-13-5-1-9-19(23)21-11-3-7-15-25(21)31(29)33(34)37-27/h1-16H. The number of aromatic nitrogens is 2. The lowest BCUT2D eigenvalue weighted by Gasteiger charge is -2.18. The van der Waals surface area contributed by atoms with Crippen molar-refractivity contribution < 1.29 is 0 Å². The lowest BCUT2D eigenvalue weighted by Crippen LogP contribution is -1.99. The zero-order valence-electron chi connectivity index (χ0n) is 20.0. The third-order valence-electron chi connectivity index (χ3n) is 7.70. The monoisotopic (exact) mass is 480 g/mol. The van der Waals surface area contributed by atoms with Crippen LogP contribution in [0.1, 0.15) is 11.4 Å². The van der Waals surface area contributed by atoms with E-state index in [-0.39, 0.29) is 11.4 Å². The lowest BCUT2D eigenvalue weighted by atomic mass is 9.85. The van der Waals surface area contributed by atoms with Gasteiger partial charge in [0.1, 0.15) is 12.1 Å². The van der Waals surface area contributed by atoms with Crippen LogP contribution in [0.2, 0.25) is 0 Å². The van der Waals surface area contributed by atoms with Gasteiger partial charge in [0.25, 0.3) is 0 Å². The molecule has 0 aliphatic carbocycles. The van der Waals surface area contributed by atoms with E-state index in [1.807, 2.05) is 24.3 Å². The van der Waals surface area contributed by atoms with E-state index in [2.05, 4.69) is 84.9 Å². The van der Waals surface area contributed by atoms with Crippen molar-refractivity contribution in [1.82, 2.24) is 9.97 Å². The molecule has 0 saturated heterocycles. The fourth-order valence-electron chi connectivity index (χ4n) is 6.23. The second-order valence-electron chi connectivity index (χ2n) is 9.52. The van der Waals surface area contributed by atoms with Gasteiger partial charge in [0, 0.05) is 21.5 Å². The molecule has 0 N–H and O–H groups in total. The summed E-state index contributed by atoms with van der Waals surface area (Å²) in [4.78, 5) is 9.68. The highest BCUT2D eigenvalue weighted by atomic mass is 14.8. The van der Waals surface area contributed by atoms with E-state index in [4.69, 9.17) is 9.97 Å². The minimum absolute atomic E-state index is 0.0444. The van der Waals surface area contributed by atoms with Crippen LogP contribution in [0.15, 0.2) is 97.1 Å². The number of nitrogens with zero attached hydrogens (tertiary/aromatic N) is 4. The second kappa shape index (κ2) is 7.46. The quantitative estimate of drug-likeness (QED) is 0.205. The van der Waals surface area contributed by atoms with Crippen molar-refractivity contribution in [3.63, 3.8) is 0 Å². The molecular weight excluding hydrogens is 464 g/mol. The maximum absolute atomic E-state index is 9.89. The van der Waals surface area contributed by atoms with Crippen LogP contribution < -0.4 is 0 Å². The van der Waals surface area contributed by atoms with Crippen LogP contribution in [-0.4, -0.2) is 9.97 Å². The Morgan fingerprint density at radius 2 is 0.632 bits per heavy atom. The molecule has 0 bridgehead atoms. The Bertz CT molecular complexity index is 2250. The van der Waals surface area contributed by atoms with Gasteiger partial charge in [0.2, 0.25) is 0 Å². The predicted molar refractivity (Wildman–Crippen MR) is 154 cm³/mol. The summed E-state index contributed by atoms with van der Waals surface area (Å²) >= 11 is 0. The maximum atomic E-state index is 9.89. The minimum Gasteiger partial charge on any atom is -0.232 e. The number of nitriles is 2. The van der Waals surface area contributed by atoms with Crippen LogP contribution in [0, 0.1) is 22.7 Å². The largest absolute Gasteiger partial charge is 0.232 e. The molecule has 7 aromatic carbocycles. The molecule has 0 spiro atoms. The fourth-order valence-corrected chi connectivity index (χ4v) is 6.23. The molecule has 0 aliphatic heterocycles. The summed E-state index contributed by atoms with van der Waals surface area (Å²) in [6, 6.07) is 37.8. The van der Waals surface area contributed by atoms with Crippen LogP contribution in [0.25, 0.3) is 75.7 Å². The fraction of sp³-hybridized carbons (Fsp3) is 0. The molecule has 1 aromatic heterocycles. The van der Waals surface area contributed by atoms with Crippen molar-refractivity contribution >= 4 is 75.7 Å². The van der Waals surface area contributed by atoms with Crippen molar-refractivity contribution in [2.24, 2.45) is 0 Å². The zero-order valence-corrected chi connectivity index (χ0v) is 20.0. The molecule has 0 amide bonds. The molecule has 172 valence electrons. The van der Waals surface area contributed by atoms with Crippen LogP contribution in [0.3, 0.4) is 0 Å². The van der Waals surface area contributed by atoms with Gasteiger partial charge in [0.05, 0.1) is 11.0 Å². The second-order valence-corrected chi connectivity index (χ2v) is 9.52. The van der Waals surface area contributed by atoms with Crippen LogP contribution in [-0.2, 0) is 0 Å². The molecule has 0 atom stereocenters. The number of hydrogen-bond acceptors (Lipinski definition) is 4. The van der Waals surface area contributed by atoms with E-state index in [9.17, 15) is 10.5 Å². The average molecular weight is 481 g/mol. The third kappa shape index (κ3) is 2.51. The molecule has 0 saturated carbocycles. The van der Waals surface area contributed by atoms with Gasteiger partial charge in [-0.3, -0.25) is 0 Å². The van der Waals surface area contributed by atoms with Gasteiger partial charge in [-0.25, -0.2) is 9.97 Å². The molecule has 4 heteroatoms. The van der Waals surface area contributed by atoms with Gasteiger partial charge in [-0.15, -0.1) is 0 Å². The Kier molecular flexibility index (Phi) is 4.04. The van der Waals surface area contributed by atoms with E-state index in [0.29, 0.717) is 11.0 Å². The van der Waals surface area contributed by atoms with Gasteiger partial charge in [-0.05, 0) is 43.1 Å². The number of rotatable bonds is 0. The third-order valence-corrected chi connectivity index (χ3v) is 7.70. The summed E-state index contributed by atoms with van der Waals surface area (Å²) in [5.41, 5.74) is 1.38. The first kappa shape index (κ1) is 20.6. The number of fused-ring (bicyclic) bond motifs is 16. The van der Waals surface area contributed by atoms with Gasteiger partial charge < -0.3 is 0 Å². The van der Waals surface area contributed by atoms with Crippen molar-refractivity contribution in [2.75, 3.05) is 0 Å². The Hall–Kier alpha value is -5.58. The van der Waals surface area contributed by atoms with Crippen LogP contribution in [0.4, 0.5) is 0 Å². The van der Waals surface area contributed by atoms with Crippen molar-refractivity contribution in [2.45, 2.75) is 0 Å². The minimum atomic E-state index is 0.0444. The summed E-state index contributed by atoms with van der Waals surface area (Å²) < 4.78 is 0. The Balaban J connectivity index is 1.89. The SMILES string of the molecule is N#Cc1nc2c(nc1C#N)c1c3ccccc3c3ccccc3c1c1c3ccccc3c3ccccc3c21. The summed E-state index contributed by atoms with van der Waals surface area (Å²) in [6.07, 6.45) is 0. The molecule has 0 fully saturated rings. The molecule has 8 rings (SSSR count). The Labute approximate surface area is 216 Å². The highest BCUT2D eigenvalue weighted by molar-refractivity contribution is 6.45. The normalized spacial score (nSPS) is 11.6. The summed E-state index contributed by atoms with van der Waals surface area (Å²) in [6.45, 7) is 0. The highest BCUT2D eigenvalue weighted by Crippen LogP contribution is 2.47. The van der Waals surface area contributed by atoms with E-state index in [1.54, 1.807) is 0 Å². The first-order chi connectivity index (χ1) is 18.8. The van der Waals surface area contributed by atoms with Crippen molar-refractivity contribution in [3.05, 3.63) is 108 Å². The molecular formula is C34H16N4. The van der Waals surface area contributed by atoms with Crippen LogP contribution >= 0.6 is 0 Å². The molecule has 0 radical (unpaired) electrons. The van der Waals surface area contributed by atoms with Crippen molar-refractivity contribution in [3.8, 4) is 12.1 Å². The molecule has 8 aromatic rings. The first-order valence-electron chi connectivity index (χ1n) is 12.4. The van der Waals surface area contributed by atoms with Crippen molar-refractivity contribution in [1.29, 1.82) is 10.5 Å². The Morgan fingerprint density at radius 3 is 0.921 bits per heavy atom. The van der Waals surface area contributed by atoms with E-state index < -0.39 is 0 Å². The maximum Gasteiger partial charge on any atom is 0.177 e. The molecule has 0 aliphatic rings. The summed E-state index contributed by atoms with van der Waals surface area (Å²) in [5, 5.41) is 32.8. The highest BCUT2D eigenvalue weighted by Gasteiger charge is 2.22. The average Bonchev–Trinajstić information content (AvgIpc) is 2.99. The topological polar surface area (TPSA) is 73.4 Å². The van der Waals surface area contributed by atoms with E-state index in [0.717, 1.165) is 64.6 Å². The predicted octanol–water partition coefficient (Wildman–Crippen LogP) is 8.29. The van der Waals surface area contributed by atoms with E-state index >= 15 is 0 Å². The van der Waals surface area contributed by atoms with Gasteiger partial charge in [0.15, 0.2) is 11.4 Å². The number of benzene rings is 7. The molecule has 4 nitrogen and oxygen atoms in total. The first-order valence-corrected chi connectivity index (χ1v) is 12.4. The smallest absolute Gasteiger partial charge is 0.177 e. The lowest BCUT2D eigenvalue weighted by molar-refractivity contribution is 1.21. The van der Waals surface area contributed by atoms with Gasteiger partial charge in [-0.1, -0.05) is 97.1 Å². The molecule has 0 unspecified atom stereocenters. The van der Waals surface area contributed by atoms with Gasteiger partial charge in [-0.2, -0.15) is 10.5 Å². The van der Waals surface area contributed by atoms with Crippen LogP contribution in [0.5, 0.6) is 0 Å². The summed E-state index contributed by atoms with van der Waals surface area (Å²) in [7, 11) is 0. The summed E-state index contributed by atoms with van der Waals surface area (Å²) in [5.74, 6) is 0. The molecule has 1 heterocycles. The molecule has 38 heavy (non-hydrogen) atoms. The zero-order chi connectivity index (χ0) is 25.4. The van der Waals surface area contributed by atoms with Gasteiger partial charge >= 0.3 is 0 Å². The number of hydrogen-bond donors (Lipinski definition) is 0. The van der Waals surface area contributed by atoms with E-state index in [1.165, 1.54) is 0 Å². The Morgan fingerprint density at radius 1 is 0.368 bits per heavy atom.